The van der Waals surface area contributed by atoms with Gasteiger partial charge in [0, 0.05) is 4.43 Å². The monoisotopic (exact) mass is 302 g/mol. The molecular formula is C13H19I. The van der Waals surface area contributed by atoms with Crippen molar-refractivity contribution in [2.45, 2.75) is 44.5 Å². The zero-order valence-corrected chi connectivity index (χ0v) is 11.9. The molecule has 0 aliphatic rings. The van der Waals surface area contributed by atoms with E-state index in [-0.39, 0.29) is 5.41 Å². The van der Waals surface area contributed by atoms with Crippen molar-refractivity contribution < 1.29 is 0 Å². The topological polar surface area (TPSA) is 0 Å². The third-order valence-corrected chi connectivity index (χ3v) is 3.46. The van der Waals surface area contributed by atoms with Crippen molar-refractivity contribution in [2.75, 3.05) is 0 Å². The SMILES string of the molecule is Cc1cc(C(C)(C)C)cc(C)c1CI. The lowest BCUT2D eigenvalue weighted by atomic mass is 9.84. The fourth-order valence-electron chi connectivity index (χ4n) is 1.64. The molecule has 0 spiro atoms. The van der Waals surface area contributed by atoms with Gasteiger partial charge in [0.2, 0.25) is 0 Å². The molecule has 0 aliphatic heterocycles. The third-order valence-electron chi connectivity index (χ3n) is 2.70. The second-order valence-corrected chi connectivity index (χ2v) is 5.74. The van der Waals surface area contributed by atoms with Crippen LogP contribution in [0.25, 0.3) is 0 Å². The molecular weight excluding hydrogens is 283 g/mol. The highest BCUT2D eigenvalue weighted by Crippen LogP contribution is 2.27. The van der Waals surface area contributed by atoms with Crippen molar-refractivity contribution >= 4 is 22.6 Å². The van der Waals surface area contributed by atoms with Gasteiger partial charge in [0.25, 0.3) is 0 Å². The van der Waals surface area contributed by atoms with Crippen LogP contribution in [-0.2, 0) is 9.84 Å². The molecule has 0 N–H and O–H groups in total. The van der Waals surface area contributed by atoms with Gasteiger partial charge < -0.3 is 0 Å². The standard InChI is InChI=1S/C13H19I/c1-9-6-11(13(3,4)5)7-10(2)12(9)8-14/h6-7H,8H2,1-5H3. The maximum Gasteiger partial charge on any atom is 0.0252 e. The molecule has 0 saturated heterocycles. The molecule has 0 amide bonds. The summed E-state index contributed by atoms with van der Waals surface area (Å²) >= 11 is 2.44. The summed E-state index contributed by atoms with van der Waals surface area (Å²) in [5.41, 5.74) is 6.08. The number of rotatable bonds is 1. The first kappa shape index (κ1) is 12.0. The summed E-state index contributed by atoms with van der Waals surface area (Å²) in [7, 11) is 0. The Morgan fingerprint density at radius 1 is 1.07 bits per heavy atom. The van der Waals surface area contributed by atoms with Gasteiger partial charge in [0.15, 0.2) is 0 Å². The van der Waals surface area contributed by atoms with Crippen LogP contribution in [0.15, 0.2) is 12.1 Å². The van der Waals surface area contributed by atoms with Gasteiger partial charge in [-0.1, -0.05) is 55.5 Å². The van der Waals surface area contributed by atoms with Gasteiger partial charge in [-0.25, -0.2) is 0 Å². The fourth-order valence-corrected chi connectivity index (χ4v) is 2.84. The van der Waals surface area contributed by atoms with E-state index in [1.807, 2.05) is 0 Å². The molecule has 14 heavy (non-hydrogen) atoms. The lowest BCUT2D eigenvalue weighted by molar-refractivity contribution is 0.589. The van der Waals surface area contributed by atoms with Crippen molar-refractivity contribution in [3.05, 3.63) is 34.4 Å². The molecule has 0 fully saturated rings. The molecule has 0 nitrogen and oxygen atoms in total. The molecule has 1 aromatic rings. The largest absolute Gasteiger partial charge is 0.0812 e. The Kier molecular flexibility index (Phi) is 3.62. The zero-order valence-electron chi connectivity index (χ0n) is 9.74. The first-order valence-electron chi connectivity index (χ1n) is 5.03. The molecule has 0 unspecified atom stereocenters. The Labute approximate surface area is 101 Å². The molecule has 0 atom stereocenters. The number of halogens is 1. The zero-order chi connectivity index (χ0) is 10.9. The smallest absolute Gasteiger partial charge is 0.0252 e. The van der Waals surface area contributed by atoms with Crippen LogP contribution >= 0.6 is 22.6 Å². The van der Waals surface area contributed by atoms with Crippen molar-refractivity contribution in [1.29, 1.82) is 0 Å². The summed E-state index contributed by atoms with van der Waals surface area (Å²) in [6.07, 6.45) is 0. The predicted octanol–water partition coefficient (Wildman–Crippen LogP) is 4.54. The summed E-state index contributed by atoms with van der Waals surface area (Å²) in [4.78, 5) is 0. The minimum absolute atomic E-state index is 0.263. The average molecular weight is 302 g/mol. The third kappa shape index (κ3) is 2.50. The van der Waals surface area contributed by atoms with Crippen LogP contribution in [0.1, 0.15) is 43.0 Å². The number of alkyl halides is 1. The van der Waals surface area contributed by atoms with E-state index in [4.69, 9.17) is 0 Å². The van der Waals surface area contributed by atoms with Gasteiger partial charge in [-0.3, -0.25) is 0 Å². The van der Waals surface area contributed by atoms with Crippen LogP contribution in [0, 0.1) is 13.8 Å². The second kappa shape index (κ2) is 4.21. The average Bonchev–Trinajstić information content (AvgIpc) is 2.01. The first-order chi connectivity index (χ1) is 6.36. The lowest BCUT2D eigenvalue weighted by Crippen LogP contribution is -2.12. The van der Waals surface area contributed by atoms with E-state index in [2.05, 4.69) is 69.3 Å². The van der Waals surface area contributed by atoms with Gasteiger partial charge in [-0.15, -0.1) is 0 Å². The summed E-state index contributed by atoms with van der Waals surface area (Å²) in [6, 6.07) is 4.67. The van der Waals surface area contributed by atoms with Crippen LogP contribution in [0.3, 0.4) is 0 Å². The van der Waals surface area contributed by atoms with Crippen molar-refractivity contribution in [1.82, 2.24) is 0 Å². The first-order valence-corrected chi connectivity index (χ1v) is 6.55. The van der Waals surface area contributed by atoms with Crippen LogP contribution in [-0.4, -0.2) is 0 Å². The number of aryl methyl sites for hydroxylation is 2. The molecule has 0 heterocycles. The van der Waals surface area contributed by atoms with Gasteiger partial charge in [-0.05, 0) is 41.5 Å². The number of benzene rings is 1. The summed E-state index contributed by atoms with van der Waals surface area (Å²) in [5.74, 6) is 0. The van der Waals surface area contributed by atoms with Crippen molar-refractivity contribution in [3.8, 4) is 0 Å². The molecule has 0 aliphatic carbocycles. The van der Waals surface area contributed by atoms with E-state index in [9.17, 15) is 0 Å². The Morgan fingerprint density at radius 3 is 1.79 bits per heavy atom. The van der Waals surface area contributed by atoms with E-state index in [0.717, 1.165) is 4.43 Å². The van der Waals surface area contributed by atoms with E-state index in [1.54, 1.807) is 0 Å². The van der Waals surface area contributed by atoms with Gasteiger partial charge in [0.1, 0.15) is 0 Å². The highest BCUT2D eigenvalue weighted by molar-refractivity contribution is 14.1. The molecule has 0 bridgehead atoms. The molecule has 78 valence electrons. The predicted molar refractivity (Wildman–Crippen MR) is 72.3 cm³/mol. The highest BCUT2D eigenvalue weighted by Gasteiger charge is 2.15. The minimum atomic E-state index is 0.263. The Hall–Kier alpha value is -0.0500. The Morgan fingerprint density at radius 2 is 1.50 bits per heavy atom. The second-order valence-electron chi connectivity index (χ2n) is 4.97. The van der Waals surface area contributed by atoms with E-state index in [0.29, 0.717) is 0 Å². The number of hydrogen-bond donors (Lipinski definition) is 0. The molecule has 0 radical (unpaired) electrons. The molecule has 0 saturated carbocycles. The van der Waals surface area contributed by atoms with Gasteiger partial charge in [-0.2, -0.15) is 0 Å². The summed E-state index contributed by atoms with van der Waals surface area (Å²) in [6.45, 7) is 11.2. The number of hydrogen-bond acceptors (Lipinski definition) is 0. The Bertz CT molecular complexity index is 309. The maximum atomic E-state index is 2.44. The molecule has 1 rings (SSSR count). The van der Waals surface area contributed by atoms with Gasteiger partial charge >= 0.3 is 0 Å². The Balaban J connectivity index is 3.28. The molecule has 1 heteroatoms. The van der Waals surface area contributed by atoms with Crippen LogP contribution in [0.2, 0.25) is 0 Å². The van der Waals surface area contributed by atoms with Crippen molar-refractivity contribution in [3.63, 3.8) is 0 Å². The van der Waals surface area contributed by atoms with Crippen LogP contribution in [0.4, 0.5) is 0 Å². The quantitative estimate of drug-likeness (QED) is 0.528. The van der Waals surface area contributed by atoms with Crippen LogP contribution < -0.4 is 0 Å². The normalized spacial score (nSPS) is 11.9. The molecule has 1 aromatic carbocycles. The molecule has 0 aromatic heterocycles. The highest BCUT2D eigenvalue weighted by atomic mass is 127. The van der Waals surface area contributed by atoms with E-state index in [1.165, 1.54) is 22.3 Å². The van der Waals surface area contributed by atoms with Crippen LogP contribution in [0.5, 0.6) is 0 Å². The summed E-state index contributed by atoms with van der Waals surface area (Å²) < 4.78 is 1.11. The fraction of sp³-hybridized carbons (Fsp3) is 0.538. The summed E-state index contributed by atoms with van der Waals surface area (Å²) in [5, 5.41) is 0. The van der Waals surface area contributed by atoms with Gasteiger partial charge in [0.05, 0.1) is 0 Å². The van der Waals surface area contributed by atoms with E-state index < -0.39 is 0 Å². The lowest BCUT2D eigenvalue weighted by Gasteiger charge is -2.21. The maximum absolute atomic E-state index is 2.44. The van der Waals surface area contributed by atoms with E-state index >= 15 is 0 Å². The van der Waals surface area contributed by atoms with Crippen molar-refractivity contribution in [2.24, 2.45) is 0 Å². The minimum Gasteiger partial charge on any atom is -0.0812 e.